The number of hydrogen-bond donors (Lipinski definition) is 1. The zero-order valence-electron chi connectivity index (χ0n) is 13.0. The molecule has 22 heavy (non-hydrogen) atoms. The van der Waals surface area contributed by atoms with Gasteiger partial charge in [-0.25, -0.2) is 0 Å². The van der Waals surface area contributed by atoms with Gasteiger partial charge in [-0.3, -0.25) is 9.69 Å². The molecule has 2 rings (SSSR count). The highest BCUT2D eigenvalue weighted by Crippen LogP contribution is 2.21. The van der Waals surface area contributed by atoms with Crippen molar-refractivity contribution in [1.29, 1.82) is 5.26 Å². The lowest BCUT2D eigenvalue weighted by atomic mass is 10.1. The summed E-state index contributed by atoms with van der Waals surface area (Å²) in [7, 11) is 3.01. The highest BCUT2D eigenvalue weighted by molar-refractivity contribution is 5.76. The number of nitrogens with one attached hydrogen (secondary N) is 1. The Labute approximate surface area is 130 Å². The number of carbonyl (C=O) groups is 1. The molecule has 0 aromatic heterocycles. The number of carbonyl (C=O) groups excluding carboxylic acids is 1. The van der Waals surface area contributed by atoms with E-state index in [9.17, 15) is 4.79 Å². The first kappa shape index (κ1) is 16.3. The Morgan fingerprint density at radius 1 is 1.50 bits per heavy atom. The van der Waals surface area contributed by atoms with Crippen molar-refractivity contribution in [2.45, 2.75) is 19.0 Å². The van der Waals surface area contributed by atoms with Gasteiger partial charge in [0.05, 0.1) is 26.7 Å². The van der Waals surface area contributed by atoms with Crippen LogP contribution in [-0.2, 0) is 22.5 Å². The van der Waals surface area contributed by atoms with Gasteiger partial charge in [0, 0.05) is 31.7 Å². The van der Waals surface area contributed by atoms with E-state index in [0.717, 1.165) is 36.5 Å². The largest absolute Gasteiger partial charge is 0.496 e. The molecular weight excluding hydrogens is 282 g/mol. The number of piperazine rings is 1. The van der Waals surface area contributed by atoms with Crippen LogP contribution in [0, 0.1) is 11.3 Å². The van der Waals surface area contributed by atoms with Gasteiger partial charge in [0.1, 0.15) is 11.8 Å². The van der Waals surface area contributed by atoms with E-state index in [4.69, 9.17) is 14.7 Å². The van der Waals surface area contributed by atoms with Crippen LogP contribution < -0.4 is 10.1 Å². The fourth-order valence-corrected chi connectivity index (χ4v) is 2.67. The van der Waals surface area contributed by atoms with E-state index >= 15 is 0 Å². The maximum absolute atomic E-state index is 11.6. The highest BCUT2D eigenvalue weighted by atomic mass is 16.5. The van der Waals surface area contributed by atoms with Crippen molar-refractivity contribution in [3.05, 3.63) is 29.3 Å². The van der Waals surface area contributed by atoms with Crippen molar-refractivity contribution >= 4 is 5.97 Å². The summed E-state index contributed by atoms with van der Waals surface area (Å²) in [5, 5.41) is 12.1. The SMILES string of the molecule is COC(=O)C1CN(Cc2ccc(OC)c(CC#N)c2)CCN1. The zero-order chi connectivity index (χ0) is 15.9. The van der Waals surface area contributed by atoms with Crippen molar-refractivity contribution in [2.24, 2.45) is 0 Å². The molecular formula is C16H21N3O3. The number of nitriles is 1. The second-order valence-electron chi connectivity index (χ2n) is 5.25. The Hall–Kier alpha value is -2.10. The van der Waals surface area contributed by atoms with Crippen LogP contribution in [0.2, 0.25) is 0 Å². The third-order valence-corrected chi connectivity index (χ3v) is 3.77. The molecule has 6 heteroatoms. The van der Waals surface area contributed by atoms with Gasteiger partial charge in [0.25, 0.3) is 0 Å². The number of benzene rings is 1. The Kier molecular flexibility index (Phi) is 5.75. The van der Waals surface area contributed by atoms with Gasteiger partial charge in [0.15, 0.2) is 0 Å². The van der Waals surface area contributed by atoms with E-state index in [0.29, 0.717) is 13.0 Å². The number of hydrogen-bond acceptors (Lipinski definition) is 6. The number of rotatable bonds is 5. The lowest BCUT2D eigenvalue weighted by Crippen LogP contribution is -2.54. The summed E-state index contributed by atoms with van der Waals surface area (Å²) in [6.07, 6.45) is 0.323. The number of methoxy groups -OCH3 is 2. The molecule has 0 aliphatic carbocycles. The first-order chi connectivity index (χ1) is 10.7. The van der Waals surface area contributed by atoms with Crippen LogP contribution in [0.25, 0.3) is 0 Å². The van der Waals surface area contributed by atoms with Crippen molar-refractivity contribution in [3.8, 4) is 11.8 Å². The average molecular weight is 303 g/mol. The Balaban J connectivity index is 2.05. The van der Waals surface area contributed by atoms with Gasteiger partial charge in [-0.1, -0.05) is 6.07 Å². The van der Waals surface area contributed by atoms with Gasteiger partial charge in [-0.15, -0.1) is 0 Å². The molecule has 1 aliphatic heterocycles. The molecule has 0 saturated carbocycles. The van der Waals surface area contributed by atoms with Crippen molar-refractivity contribution in [1.82, 2.24) is 10.2 Å². The zero-order valence-corrected chi connectivity index (χ0v) is 13.0. The summed E-state index contributed by atoms with van der Waals surface area (Å²) in [6, 6.07) is 7.76. The van der Waals surface area contributed by atoms with Gasteiger partial charge in [-0.2, -0.15) is 5.26 Å². The molecule has 0 bridgehead atoms. The lowest BCUT2D eigenvalue weighted by Gasteiger charge is -2.32. The number of ether oxygens (including phenoxy) is 2. The maximum atomic E-state index is 11.6. The minimum Gasteiger partial charge on any atom is -0.496 e. The molecule has 0 amide bonds. The van der Waals surface area contributed by atoms with Crippen molar-refractivity contribution < 1.29 is 14.3 Å². The molecule has 1 heterocycles. The van der Waals surface area contributed by atoms with Gasteiger partial charge < -0.3 is 14.8 Å². The smallest absolute Gasteiger partial charge is 0.324 e. The fraction of sp³-hybridized carbons (Fsp3) is 0.500. The number of nitrogens with zero attached hydrogens (tertiary/aromatic N) is 2. The third kappa shape index (κ3) is 3.97. The third-order valence-electron chi connectivity index (χ3n) is 3.77. The summed E-state index contributed by atoms with van der Waals surface area (Å²) >= 11 is 0. The first-order valence-electron chi connectivity index (χ1n) is 7.24. The van der Waals surface area contributed by atoms with Crippen LogP contribution >= 0.6 is 0 Å². The Bertz CT molecular complexity index is 568. The van der Waals surface area contributed by atoms with Gasteiger partial charge in [0.2, 0.25) is 0 Å². The monoisotopic (exact) mass is 303 g/mol. The van der Waals surface area contributed by atoms with Gasteiger partial charge >= 0.3 is 5.97 Å². The minimum absolute atomic E-state index is 0.232. The van der Waals surface area contributed by atoms with Crippen molar-refractivity contribution in [3.63, 3.8) is 0 Å². The van der Waals surface area contributed by atoms with Crippen molar-refractivity contribution in [2.75, 3.05) is 33.9 Å². The summed E-state index contributed by atoms with van der Waals surface area (Å²) < 4.78 is 10.1. The molecule has 1 saturated heterocycles. The lowest BCUT2D eigenvalue weighted by molar-refractivity contribution is -0.144. The van der Waals surface area contributed by atoms with Crippen LogP contribution in [0.15, 0.2) is 18.2 Å². The van der Waals surface area contributed by atoms with Crippen LogP contribution in [0.1, 0.15) is 11.1 Å². The quantitative estimate of drug-likeness (QED) is 0.808. The topological polar surface area (TPSA) is 74.6 Å². The fourth-order valence-electron chi connectivity index (χ4n) is 2.67. The maximum Gasteiger partial charge on any atom is 0.324 e. The Morgan fingerprint density at radius 2 is 2.32 bits per heavy atom. The molecule has 118 valence electrons. The first-order valence-corrected chi connectivity index (χ1v) is 7.24. The van der Waals surface area contributed by atoms with E-state index in [1.54, 1.807) is 7.11 Å². The number of esters is 1. The highest BCUT2D eigenvalue weighted by Gasteiger charge is 2.25. The van der Waals surface area contributed by atoms with Crippen LogP contribution in [0.3, 0.4) is 0 Å². The van der Waals surface area contributed by atoms with E-state index in [2.05, 4.69) is 16.3 Å². The predicted molar refractivity (Wildman–Crippen MR) is 81.4 cm³/mol. The van der Waals surface area contributed by atoms with E-state index in [1.165, 1.54) is 7.11 Å². The molecule has 1 N–H and O–H groups in total. The summed E-state index contributed by atoms with van der Waals surface area (Å²) in [5.41, 5.74) is 2.00. The second-order valence-corrected chi connectivity index (χ2v) is 5.25. The molecule has 1 aromatic rings. The van der Waals surface area contributed by atoms with Crippen LogP contribution in [-0.4, -0.2) is 50.8 Å². The summed E-state index contributed by atoms with van der Waals surface area (Å²) in [6.45, 7) is 2.97. The standard InChI is InChI=1S/C16H21N3O3/c1-21-15-4-3-12(9-13(15)5-6-17)10-19-8-7-18-14(11-19)16(20)22-2/h3-4,9,14,18H,5,7-8,10-11H2,1-2H3. The van der Waals surface area contributed by atoms with Gasteiger partial charge in [-0.05, 0) is 17.7 Å². The second kappa shape index (κ2) is 7.78. The molecule has 1 unspecified atom stereocenters. The normalized spacial score (nSPS) is 18.5. The molecule has 1 atom stereocenters. The minimum atomic E-state index is -0.282. The molecule has 6 nitrogen and oxygen atoms in total. The van der Waals surface area contributed by atoms with E-state index in [1.807, 2.05) is 18.2 Å². The van der Waals surface area contributed by atoms with E-state index in [-0.39, 0.29) is 12.0 Å². The molecule has 1 aliphatic rings. The summed E-state index contributed by atoms with van der Waals surface area (Å²) in [4.78, 5) is 13.8. The predicted octanol–water partition coefficient (Wildman–Crippen LogP) is 0.708. The summed E-state index contributed by atoms with van der Waals surface area (Å²) in [5.74, 6) is 0.502. The van der Waals surface area contributed by atoms with Crippen LogP contribution in [0.5, 0.6) is 5.75 Å². The Morgan fingerprint density at radius 3 is 3.00 bits per heavy atom. The molecule has 1 aromatic carbocycles. The average Bonchev–Trinajstić information content (AvgIpc) is 2.55. The van der Waals surface area contributed by atoms with Crippen LogP contribution in [0.4, 0.5) is 0 Å². The molecule has 0 radical (unpaired) electrons. The molecule has 1 fully saturated rings. The van der Waals surface area contributed by atoms with E-state index < -0.39 is 0 Å². The molecule has 0 spiro atoms.